The number of amides is 1. The van der Waals surface area contributed by atoms with Crippen molar-refractivity contribution >= 4 is 22.5 Å². The monoisotopic (exact) mass is 529 g/mol. The van der Waals surface area contributed by atoms with Crippen molar-refractivity contribution in [2.75, 3.05) is 26.1 Å². The lowest BCUT2D eigenvalue weighted by Crippen LogP contribution is -2.16. The van der Waals surface area contributed by atoms with Crippen LogP contribution in [0, 0.1) is 17.5 Å². The fourth-order valence-corrected chi connectivity index (χ4v) is 3.52. The summed E-state index contributed by atoms with van der Waals surface area (Å²) in [6, 6.07) is 6.30. The van der Waals surface area contributed by atoms with Crippen molar-refractivity contribution < 1.29 is 42.0 Å². The van der Waals surface area contributed by atoms with E-state index in [1.54, 1.807) is 6.92 Å². The van der Waals surface area contributed by atoms with Crippen LogP contribution in [0.5, 0.6) is 28.7 Å². The molecule has 0 spiro atoms. The summed E-state index contributed by atoms with van der Waals surface area (Å²) in [5, 5.41) is 11.7. The van der Waals surface area contributed by atoms with Crippen LogP contribution in [0.15, 0.2) is 48.9 Å². The van der Waals surface area contributed by atoms with Crippen LogP contribution >= 0.6 is 0 Å². The van der Waals surface area contributed by atoms with E-state index in [9.17, 15) is 18.7 Å². The molecule has 4 rings (SSSR count). The maximum absolute atomic E-state index is 15.0. The van der Waals surface area contributed by atoms with Crippen LogP contribution in [0.1, 0.15) is 17.3 Å². The smallest absolute Gasteiger partial charge is 0.261 e. The lowest BCUT2D eigenvalue weighted by atomic mass is 10.1. The van der Waals surface area contributed by atoms with Gasteiger partial charge < -0.3 is 29.4 Å². The van der Waals surface area contributed by atoms with Gasteiger partial charge in [0.15, 0.2) is 23.1 Å². The number of ether oxygens (including phenoxy) is 4. The SMILES string of the molecule is COc1cc2nccc(Oc3c(F)cc(NC(=O)c4cnccc4OC)c(F)c3F)c2cc1O[C@@H](C)CO. The molecule has 0 saturated carbocycles. The zero-order chi connectivity index (χ0) is 27.4. The zero-order valence-corrected chi connectivity index (χ0v) is 20.4. The van der Waals surface area contributed by atoms with Crippen molar-refractivity contribution in [3.05, 3.63) is 71.9 Å². The van der Waals surface area contributed by atoms with Gasteiger partial charge in [0.25, 0.3) is 5.91 Å². The van der Waals surface area contributed by atoms with Crippen LogP contribution in [0.4, 0.5) is 18.9 Å². The third-order valence-electron chi connectivity index (χ3n) is 5.39. The molecule has 0 aliphatic carbocycles. The Bertz CT molecular complexity index is 1500. The third kappa shape index (κ3) is 5.25. The minimum atomic E-state index is -1.66. The van der Waals surface area contributed by atoms with Gasteiger partial charge in [0, 0.05) is 36.1 Å². The number of methoxy groups -OCH3 is 2. The van der Waals surface area contributed by atoms with Crippen molar-refractivity contribution in [3.63, 3.8) is 0 Å². The molecule has 0 unspecified atom stereocenters. The van der Waals surface area contributed by atoms with Crippen LogP contribution in [-0.2, 0) is 0 Å². The molecular weight excluding hydrogens is 507 g/mol. The van der Waals surface area contributed by atoms with Gasteiger partial charge in [0.1, 0.15) is 17.6 Å². The van der Waals surface area contributed by atoms with Gasteiger partial charge in [0.05, 0.1) is 37.6 Å². The first-order valence-electron chi connectivity index (χ1n) is 11.2. The Hall–Kier alpha value is -4.58. The maximum Gasteiger partial charge on any atom is 0.261 e. The molecule has 2 N–H and O–H groups in total. The number of benzene rings is 2. The van der Waals surface area contributed by atoms with Crippen molar-refractivity contribution in [1.82, 2.24) is 9.97 Å². The van der Waals surface area contributed by atoms with Gasteiger partial charge in [-0.05, 0) is 25.1 Å². The summed E-state index contributed by atoms with van der Waals surface area (Å²) in [7, 11) is 2.73. The molecule has 1 amide bonds. The highest BCUT2D eigenvalue weighted by molar-refractivity contribution is 6.06. The van der Waals surface area contributed by atoms with E-state index in [-0.39, 0.29) is 34.8 Å². The average molecular weight is 529 g/mol. The fourth-order valence-electron chi connectivity index (χ4n) is 3.52. The highest BCUT2D eigenvalue weighted by Gasteiger charge is 2.24. The summed E-state index contributed by atoms with van der Waals surface area (Å²) in [6.45, 7) is 1.35. The normalized spacial score (nSPS) is 11.7. The average Bonchev–Trinajstić information content (AvgIpc) is 2.93. The number of nitrogens with zero attached hydrogens (tertiary/aromatic N) is 2. The molecular formula is C26H22F3N3O6. The molecule has 0 aliphatic heterocycles. The van der Waals surface area contributed by atoms with E-state index in [1.165, 1.54) is 57.1 Å². The summed E-state index contributed by atoms with van der Waals surface area (Å²) < 4.78 is 66.4. The summed E-state index contributed by atoms with van der Waals surface area (Å²) in [5.41, 5.74) is -0.483. The Morgan fingerprint density at radius 2 is 1.74 bits per heavy atom. The second-order valence-corrected chi connectivity index (χ2v) is 7.94. The number of nitrogens with one attached hydrogen (secondary N) is 1. The molecule has 0 aliphatic rings. The molecule has 38 heavy (non-hydrogen) atoms. The molecule has 198 valence electrons. The predicted molar refractivity (Wildman–Crippen MR) is 131 cm³/mol. The minimum absolute atomic E-state index is 0.0618. The maximum atomic E-state index is 15.0. The van der Waals surface area contributed by atoms with Crippen LogP contribution in [0.2, 0.25) is 0 Å². The second kappa shape index (κ2) is 11.2. The standard InChI is InChI=1S/C26H22F3N3O6/c1-13(12-33)37-22-8-14-17(10-21(22)36-3)31-7-5-20(14)38-25-16(27)9-18(23(28)24(25)29)32-26(34)15-11-30-6-4-19(15)35-2/h4-11,13,33H,12H2,1-3H3,(H,32,34)/t13-/m0/s1. The van der Waals surface area contributed by atoms with Crippen LogP contribution in [-0.4, -0.2) is 47.9 Å². The number of pyridine rings is 2. The number of hydrogen-bond acceptors (Lipinski definition) is 8. The topological polar surface area (TPSA) is 112 Å². The van der Waals surface area contributed by atoms with Crippen molar-refractivity contribution in [1.29, 1.82) is 0 Å². The second-order valence-electron chi connectivity index (χ2n) is 7.94. The predicted octanol–water partition coefficient (Wildman–Crippen LogP) is 4.87. The van der Waals surface area contributed by atoms with Gasteiger partial charge in [0.2, 0.25) is 11.6 Å². The molecule has 12 heteroatoms. The molecule has 2 heterocycles. The highest BCUT2D eigenvalue weighted by Crippen LogP contribution is 2.39. The highest BCUT2D eigenvalue weighted by atomic mass is 19.2. The summed E-state index contributed by atoms with van der Waals surface area (Å²) >= 11 is 0. The molecule has 0 bridgehead atoms. The number of rotatable bonds is 9. The number of hydrogen-bond donors (Lipinski definition) is 2. The first kappa shape index (κ1) is 26.5. The third-order valence-corrected chi connectivity index (χ3v) is 5.39. The van der Waals surface area contributed by atoms with Gasteiger partial charge in [-0.3, -0.25) is 14.8 Å². The van der Waals surface area contributed by atoms with Gasteiger partial charge in [-0.1, -0.05) is 0 Å². The molecule has 4 aromatic rings. The summed E-state index contributed by atoms with van der Waals surface area (Å²) in [6.07, 6.45) is 3.29. The van der Waals surface area contributed by atoms with E-state index < -0.39 is 40.9 Å². The van der Waals surface area contributed by atoms with E-state index in [0.29, 0.717) is 17.3 Å². The first-order valence-corrected chi connectivity index (χ1v) is 11.2. The Morgan fingerprint density at radius 3 is 2.45 bits per heavy atom. The Kier molecular flexibility index (Phi) is 7.82. The van der Waals surface area contributed by atoms with Gasteiger partial charge in [-0.25, -0.2) is 8.78 Å². The zero-order valence-electron chi connectivity index (χ0n) is 20.4. The molecule has 9 nitrogen and oxygen atoms in total. The number of aliphatic hydroxyl groups excluding tert-OH is 1. The Balaban J connectivity index is 1.69. The van der Waals surface area contributed by atoms with Gasteiger partial charge >= 0.3 is 0 Å². The van der Waals surface area contributed by atoms with E-state index in [1.807, 2.05) is 0 Å². The van der Waals surface area contributed by atoms with Crippen LogP contribution in [0.25, 0.3) is 10.9 Å². The van der Waals surface area contributed by atoms with Gasteiger partial charge in [-0.2, -0.15) is 4.39 Å². The van der Waals surface area contributed by atoms with Crippen LogP contribution in [0.3, 0.4) is 0 Å². The quantitative estimate of drug-likeness (QED) is 0.296. The number of carbonyl (C=O) groups is 1. The van der Waals surface area contributed by atoms with E-state index in [2.05, 4.69) is 15.3 Å². The molecule has 1 atom stereocenters. The van der Waals surface area contributed by atoms with Crippen molar-refractivity contribution in [3.8, 4) is 28.7 Å². The molecule has 0 saturated heterocycles. The van der Waals surface area contributed by atoms with E-state index >= 15 is 4.39 Å². The first-order chi connectivity index (χ1) is 18.3. The lowest BCUT2D eigenvalue weighted by molar-refractivity contribution is 0.102. The fraction of sp³-hybridized carbons (Fsp3) is 0.192. The molecule has 0 fully saturated rings. The largest absolute Gasteiger partial charge is 0.496 e. The lowest BCUT2D eigenvalue weighted by Gasteiger charge is -2.17. The number of halogens is 3. The number of fused-ring (bicyclic) bond motifs is 1. The number of anilines is 1. The number of carbonyl (C=O) groups excluding carboxylic acids is 1. The number of aromatic nitrogens is 2. The van der Waals surface area contributed by atoms with Crippen molar-refractivity contribution in [2.24, 2.45) is 0 Å². The molecule has 2 aromatic heterocycles. The van der Waals surface area contributed by atoms with Gasteiger partial charge in [-0.15, -0.1) is 0 Å². The molecule has 0 radical (unpaired) electrons. The number of aliphatic hydroxyl groups is 1. The van der Waals surface area contributed by atoms with Crippen molar-refractivity contribution in [2.45, 2.75) is 13.0 Å². The summed E-state index contributed by atoms with van der Waals surface area (Å²) in [4.78, 5) is 20.5. The van der Waals surface area contributed by atoms with E-state index in [4.69, 9.17) is 18.9 Å². The van der Waals surface area contributed by atoms with E-state index in [0.717, 1.165) is 0 Å². The molecule has 2 aromatic carbocycles. The van der Waals surface area contributed by atoms with Crippen LogP contribution < -0.4 is 24.3 Å². The Morgan fingerprint density at radius 1 is 1.00 bits per heavy atom. The Labute approximate surface area is 214 Å². The minimum Gasteiger partial charge on any atom is -0.496 e. The summed E-state index contributed by atoms with van der Waals surface area (Å²) in [5.74, 6) is -5.81.